The van der Waals surface area contributed by atoms with Gasteiger partial charge in [0.2, 0.25) is 0 Å². The first-order chi connectivity index (χ1) is 9.50. The highest BCUT2D eigenvalue weighted by Gasteiger charge is 2.44. The minimum Gasteiger partial charge on any atom is -0.391 e. The van der Waals surface area contributed by atoms with E-state index in [-0.39, 0.29) is 16.8 Å². The molecule has 1 aliphatic heterocycles. The molecule has 20 heavy (non-hydrogen) atoms. The van der Waals surface area contributed by atoms with Crippen LogP contribution < -0.4 is 0 Å². The molecule has 104 valence electrons. The van der Waals surface area contributed by atoms with Crippen molar-refractivity contribution in [3.63, 3.8) is 0 Å². The van der Waals surface area contributed by atoms with Crippen LogP contribution in [-0.2, 0) is 0 Å². The summed E-state index contributed by atoms with van der Waals surface area (Å²) in [5.74, 6) is -1.04. The van der Waals surface area contributed by atoms with Crippen LogP contribution in [-0.4, -0.2) is 38.9 Å². The maximum Gasteiger partial charge on any atom is 0.270 e. The third kappa shape index (κ3) is 1.70. The molecule has 1 saturated carbocycles. The van der Waals surface area contributed by atoms with E-state index in [4.69, 9.17) is 0 Å². The van der Waals surface area contributed by atoms with Crippen LogP contribution in [0, 0.1) is 10.1 Å². The Morgan fingerprint density at radius 1 is 1.20 bits per heavy atom. The normalized spacial score (nSPS) is 25.1. The van der Waals surface area contributed by atoms with Crippen molar-refractivity contribution in [2.24, 2.45) is 0 Å². The van der Waals surface area contributed by atoms with Crippen molar-refractivity contribution in [2.45, 2.75) is 31.4 Å². The minimum absolute atomic E-state index is 0.0447. The number of benzene rings is 1. The molecule has 1 N–H and O–H groups in total. The average Bonchev–Trinajstić information content (AvgIpc) is 2.93. The Labute approximate surface area is 114 Å². The minimum atomic E-state index is -0.716. The van der Waals surface area contributed by atoms with Crippen molar-refractivity contribution >= 4 is 17.5 Å². The van der Waals surface area contributed by atoms with Crippen LogP contribution >= 0.6 is 0 Å². The summed E-state index contributed by atoms with van der Waals surface area (Å²) in [6.45, 7) is 0. The number of imide groups is 1. The number of non-ortho nitro benzene ring substituents is 1. The second-order valence-corrected chi connectivity index (χ2v) is 5.03. The van der Waals surface area contributed by atoms with Gasteiger partial charge in [-0.15, -0.1) is 0 Å². The number of amides is 2. The Balaban J connectivity index is 2.01. The van der Waals surface area contributed by atoms with Crippen LogP contribution in [0.5, 0.6) is 0 Å². The summed E-state index contributed by atoms with van der Waals surface area (Å²) >= 11 is 0. The first-order valence-electron chi connectivity index (χ1n) is 6.35. The van der Waals surface area contributed by atoms with Gasteiger partial charge < -0.3 is 5.11 Å². The summed E-state index contributed by atoms with van der Waals surface area (Å²) in [7, 11) is 0. The molecule has 2 amide bonds. The number of hydrogen-bond acceptors (Lipinski definition) is 5. The molecule has 0 unspecified atom stereocenters. The van der Waals surface area contributed by atoms with Crippen molar-refractivity contribution in [1.29, 1.82) is 0 Å². The van der Waals surface area contributed by atoms with E-state index in [1.807, 2.05) is 0 Å². The van der Waals surface area contributed by atoms with E-state index in [0.29, 0.717) is 12.8 Å². The number of carbonyl (C=O) groups is 2. The molecule has 1 aromatic rings. The van der Waals surface area contributed by atoms with E-state index >= 15 is 0 Å². The number of nitrogens with zero attached hydrogens (tertiary/aromatic N) is 2. The number of nitro benzene ring substituents is 1. The van der Waals surface area contributed by atoms with Gasteiger partial charge in [-0.1, -0.05) is 0 Å². The van der Waals surface area contributed by atoms with E-state index in [2.05, 4.69) is 0 Å². The van der Waals surface area contributed by atoms with E-state index in [1.165, 1.54) is 12.1 Å². The predicted molar refractivity (Wildman–Crippen MR) is 67.2 cm³/mol. The van der Waals surface area contributed by atoms with Gasteiger partial charge in [-0.25, -0.2) is 0 Å². The van der Waals surface area contributed by atoms with Crippen LogP contribution in [0.25, 0.3) is 0 Å². The lowest BCUT2D eigenvalue weighted by Gasteiger charge is -2.24. The number of aliphatic hydroxyl groups excluding tert-OH is 1. The Bertz CT molecular complexity index is 627. The monoisotopic (exact) mass is 276 g/mol. The van der Waals surface area contributed by atoms with Crippen LogP contribution in [0.2, 0.25) is 0 Å². The molecule has 0 spiro atoms. The summed E-state index contributed by atoms with van der Waals surface area (Å²) < 4.78 is 0. The van der Waals surface area contributed by atoms with Gasteiger partial charge in [0.25, 0.3) is 17.5 Å². The molecule has 1 heterocycles. The molecular formula is C13H12N2O5. The molecule has 3 rings (SSSR count). The van der Waals surface area contributed by atoms with Gasteiger partial charge in [0.05, 0.1) is 28.2 Å². The summed E-state index contributed by atoms with van der Waals surface area (Å²) in [6, 6.07) is 3.10. The topological polar surface area (TPSA) is 101 Å². The van der Waals surface area contributed by atoms with Gasteiger partial charge in [-0.05, 0) is 25.3 Å². The van der Waals surface area contributed by atoms with Crippen molar-refractivity contribution in [3.8, 4) is 0 Å². The van der Waals surface area contributed by atoms with Gasteiger partial charge in [0.15, 0.2) is 0 Å². The zero-order valence-corrected chi connectivity index (χ0v) is 10.5. The lowest BCUT2D eigenvalue weighted by Crippen LogP contribution is -2.44. The first kappa shape index (κ1) is 12.7. The zero-order valence-electron chi connectivity index (χ0n) is 10.5. The van der Waals surface area contributed by atoms with E-state index in [1.54, 1.807) is 0 Å². The van der Waals surface area contributed by atoms with Crippen molar-refractivity contribution < 1.29 is 19.6 Å². The fourth-order valence-corrected chi connectivity index (χ4v) is 2.88. The number of carbonyl (C=O) groups excluding carboxylic acids is 2. The third-order valence-electron chi connectivity index (χ3n) is 3.89. The second kappa shape index (κ2) is 4.38. The molecule has 7 nitrogen and oxygen atoms in total. The fraction of sp³-hybridized carbons (Fsp3) is 0.385. The third-order valence-corrected chi connectivity index (χ3v) is 3.89. The molecule has 0 bridgehead atoms. The zero-order chi connectivity index (χ0) is 14.4. The number of fused-ring (bicyclic) bond motifs is 1. The summed E-state index contributed by atoms with van der Waals surface area (Å²) in [5, 5.41) is 20.6. The summed E-state index contributed by atoms with van der Waals surface area (Å²) in [6.07, 6.45) is 1.15. The van der Waals surface area contributed by atoms with Crippen LogP contribution in [0.4, 0.5) is 5.69 Å². The molecule has 1 fully saturated rings. The number of hydrogen-bond donors (Lipinski definition) is 1. The average molecular weight is 276 g/mol. The van der Waals surface area contributed by atoms with Crippen molar-refractivity contribution in [1.82, 2.24) is 4.90 Å². The van der Waals surface area contributed by atoms with E-state index in [9.17, 15) is 24.8 Å². The maximum absolute atomic E-state index is 12.3. The summed E-state index contributed by atoms with van der Waals surface area (Å²) in [4.78, 5) is 35.7. The van der Waals surface area contributed by atoms with Crippen LogP contribution in [0.1, 0.15) is 40.0 Å². The van der Waals surface area contributed by atoms with Crippen LogP contribution in [0.15, 0.2) is 18.2 Å². The molecule has 0 radical (unpaired) electrons. The van der Waals surface area contributed by atoms with Gasteiger partial charge >= 0.3 is 0 Å². The Morgan fingerprint density at radius 2 is 1.90 bits per heavy atom. The maximum atomic E-state index is 12.3. The molecule has 1 aliphatic carbocycles. The molecule has 7 heteroatoms. The van der Waals surface area contributed by atoms with Gasteiger partial charge in [0.1, 0.15) is 0 Å². The smallest absolute Gasteiger partial charge is 0.270 e. The Hall–Kier alpha value is -2.28. The highest BCUT2D eigenvalue weighted by atomic mass is 16.6. The van der Waals surface area contributed by atoms with E-state index in [0.717, 1.165) is 17.4 Å². The predicted octanol–water partition coefficient (Wildman–Crippen LogP) is 1.10. The van der Waals surface area contributed by atoms with Gasteiger partial charge in [-0.2, -0.15) is 0 Å². The lowest BCUT2D eigenvalue weighted by molar-refractivity contribution is -0.384. The van der Waals surface area contributed by atoms with Gasteiger partial charge in [0, 0.05) is 12.1 Å². The lowest BCUT2D eigenvalue weighted by atomic mass is 10.1. The quantitative estimate of drug-likeness (QED) is 0.495. The van der Waals surface area contributed by atoms with Crippen molar-refractivity contribution in [2.75, 3.05) is 0 Å². The molecule has 0 aromatic heterocycles. The van der Waals surface area contributed by atoms with E-state index < -0.39 is 28.9 Å². The molecule has 2 atom stereocenters. The standard InChI is InChI=1S/C13H12N2O5/c16-11-3-1-2-10(11)14-12(17)8-5-4-7(15(19)20)6-9(8)13(14)18/h4-6,10-11,16H,1-3H2/t10-,11-/m0/s1. The Kier molecular flexibility index (Phi) is 2.79. The molecule has 1 aromatic carbocycles. The number of rotatable bonds is 2. The van der Waals surface area contributed by atoms with Crippen LogP contribution in [0.3, 0.4) is 0 Å². The SMILES string of the molecule is O=C1c2ccc([N+](=O)[O-])cc2C(=O)N1[C@H]1CCC[C@@H]1O. The first-order valence-corrected chi connectivity index (χ1v) is 6.35. The fourth-order valence-electron chi connectivity index (χ4n) is 2.88. The molecule has 0 saturated heterocycles. The summed E-state index contributed by atoms with van der Waals surface area (Å²) in [5.41, 5.74) is -0.0123. The number of aliphatic hydroxyl groups is 1. The molecule has 2 aliphatic rings. The highest BCUT2D eigenvalue weighted by Crippen LogP contribution is 2.33. The van der Waals surface area contributed by atoms with Gasteiger partial charge in [-0.3, -0.25) is 24.6 Å². The Morgan fingerprint density at radius 3 is 2.50 bits per heavy atom. The highest BCUT2D eigenvalue weighted by molar-refractivity contribution is 6.21. The number of nitro groups is 1. The largest absolute Gasteiger partial charge is 0.391 e. The second-order valence-electron chi connectivity index (χ2n) is 5.03. The molecular weight excluding hydrogens is 264 g/mol. The van der Waals surface area contributed by atoms with Crippen molar-refractivity contribution in [3.05, 3.63) is 39.4 Å².